The Balaban J connectivity index is 1.77. The highest BCUT2D eigenvalue weighted by atomic mass is 16.2. The van der Waals surface area contributed by atoms with Crippen LogP contribution in [0.15, 0.2) is 42.5 Å². The Morgan fingerprint density at radius 2 is 1.79 bits per heavy atom. The molecule has 1 heterocycles. The number of amides is 1. The van der Waals surface area contributed by atoms with E-state index in [1.54, 1.807) is 0 Å². The highest BCUT2D eigenvalue weighted by Gasteiger charge is 2.24. The van der Waals surface area contributed by atoms with E-state index in [9.17, 15) is 4.79 Å². The second-order valence-electron chi connectivity index (χ2n) is 5.32. The Labute approximate surface area is 112 Å². The lowest BCUT2D eigenvalue weighted by Crippen LogP contribution is -2.23. The molecule has 0 atom stereocenters. The third-order valence-electron chi connectivity index (χ3n) is 4.16. The van der Waals surface area contributed by atoms with Gasteiger partial charge in [-0.1, -0.05) is 30.3 Å². The first-order valence-electron chi connectivity index (χ1n) is 6.84. The number of anilines is 1. The highest BCUT2D eigenvalue weighted by Crippen LogP contribution is 2.38. The van der Waals surface area contributed by atoms with E-state index in [-0.39, 0.29) is 5.91 Å². The third-order valence-corrected chi connectivity index (χ3v) is 4.16. The van der Waals surface area contributed by atoms with E-state index in [2.05, 4.69) is 42.5 Å². The van der Waals surface area contributed by atoms with E-state index in [1.165, 1.54) is 22.3 Å². The molecule has 4 rings (SSSR count). The summed E-state index contributed by atoms with van der Waals surface area (Å²) >= 11 is 0. The van der Waals surface area contributed by atoms with Crippen molar-refractivity contribution in [2.24, 2.45) is 0 Å². The van der Waals surface area contributed by atoms with Crippen LogP contribution in [0, 0.1) is 0 Å². The molecule has 2 heteroatoms. The number of carbonyl (C=O) groups is 1. The molecule has 1 saturated heterocycles. The third kappa shape index (κ3) is 1.60. The van der Waals surface area contributed by atoms with Crippen molar-refractivity contribution in [2.45, 2.75) is 19.3 Å². The maximum Gasteiger partial charge on any atom is 0.227 e. The second kappa shape index (κ2) is 3.95. The summed E-state index contributed by atoms with van der Waals surface area (Å²) in [7, 11) is 0. The highest BCUT2D eigenvalue weighted by molar-refractivity contribution is 5.96. The number of rotatable bonds is 1. The quantitative estimate of drug-likeness (QED) is 0.647. The van der Waals surface area contributed by atoms with Gasteiger partial charge in [-0.25, -0.2) is 0 Å². The van der Waals surface area contributed by atoms with Crippen molar-refractivity contribution in [1.82, 2.24) is 0 Å². The van der Waals surface area contributed by atoms with Crippen molar-refractivity contribution < 1.29 is 4.79 Å². The molecule has 1 aliphatic heterocycles. The van der Waals surface area contributed by atoms with E-state index in [4.69, 9.17) is 0 Å². The maximum atomic E-state index is 11.8. The molecule has 0 spiro atoms. The van der Waals surface area contributed by atoms with Gasteiger partial charge >= 0.3 is 0 Å². The van der Waals surface area contributed by atoms with Crippen LogP contribution in [-0.2, 0) is 11.2 Å². The van der Waals surface area contributed by atoms with Crippen LogP contribution in [0.25, 0.3) is 11.1 Å². The minimum absolute atomic E-state index is 0.260. The fourth-order valence-electron chi connectivity index (χ4n) is 3.22. The number of benzene rings is 2. The van der Waals surface area contributed by atoms with Gasteiger partial charge in [-0.05, 0) is 47.2 Å². The zero-order valence-corrected chi connectivity index (χ0v) is 10.7. The molecular formula is C17H15NO. The first kappa shape index (κ1) is 10.8. The van der Waals surface area contributed by atoms with Gasteiger partial charge in [0.2, 0.25) is 5.91 Å². The van der Waals surface area contributed by atoms with Gasteiger partial charge in [0.1, 0.15) is 0 Å². The van der Waals surface area contributed by atoms with Gasteiger partial charge in [-0.2, -0.15) is 0 Å². The fraction of sp³-hybridized carbons (Fsp3) is 0.235. The predicted molar refractivity (Wildman–Crippen MR) is 76.3 cm³/mol. The van der Waals surface area contributed by atoms with Gasteiger partial charge in [0.05, 0.1) is 0 Å². The van der Waals surface area contributed by atoms with Gasteiger partial charge in [0.25, 0.3) is 0 Å². The average molecular weight is 249 g/mol. The number of hydrogen-bond donors (Lipinski definition) is 0. The molecule has 1 aliphatic carbocycles. The summed E-state index contributed by atoms with van der Waals surface area (Å²) in [6, 6.07) is 15.0. The normalized spacial score (nSPS) is 16.6. The van der Waals surface area contributed by atoms with Crippen molar-refractivity contribution in [3.8, 4) is 11.1 Å². The van der Waals surface area contributed by atoms with Crippen LogP contribution in [-0.4, -0.2) is 12.5 Å². The van der Waals surface area contributed by atoms with Crippen LogP contribution >= 0.6 is 0 Å². The zero-order valence-electron chi connectivity index (χ0n) is 10.7. The van der Waals surface area contributed by atoms with Crippen molar-refractivity contribution in [2.75, 3.05) is 11.4 Å². The minimum atomic E-state index is 0.260. The van der Waals surface area contributed by atoms with Gasteiger partial charge in [-0.3, -0.25) is 4.79 Å². The Bertz CT molecular complexity index is 675. The average Bonchev–Trinajstić information content (AvgIpc) is 3.01. The van der Waals surface area contributed by atoms with Crippen molar-refractivity contribution in [3.63, 3.8) is 0 Å². The minimum Gasteiger partial charge on any atom is -0.312 e. The largest absolute Gasteiger partial charge is 0.312 e. The van der Waals surface area contributed by atoms with Crippen molar-refractivity contribution >= 4 is 11.6 Å². The smallest absolute Gasteiger partial charge is 0.227 e. The maximum absolute atomic E-state index is 11.8. The molecule has 0 bridgehead atoms. The molecule has 0 saturated carbocycles. The molecule has 0 N–H and O–H groups in total. The topological polar surface area (TPSA) is 20.3 Å². The summed E-state index contributed by atoms with van der Waals surface area (Å²) in [5.74, 6) is 0.260. The van der Waals surface area contributed by atoms with Crippen LogP contribution in [0.4, 0.5) is 5.69 Å². The van der Waals surface area contributed by atoms with Gasteiger partial charge in [-0.15, -0.1) is 0 Å². The first-order valence-corrected chi connectivity index (χ1v) is 6.84. The molecule has 19 heavy (non-hydrogen) atoms. The van der Waals surface area contributed by atoms with Crippen LogP contribution in [0.2, 0.25) is 0 Å². The molecule has 2 aliphatic rings. The fourth-order valence-corrected chi connectivity index (χ4v) is 3.22. The first-order chi connectivity index (χ1) is 9.33. The summed E-state index contributed by atoms with van der Waals surface area (Å²) in [5, 5.41) is 0. The van der Waals surface area contributed by atoms with Gasteiger partial charge in [0, 0.05) is 18.7 Å². The Hall–Kier alpha value is -2.09. The Morgan fingerprint density at radius 1 is 0.947 bits per heavy atom. The summed E-state index contributed by atoms with van der Waals surface area (Å²) in [6.07, 6.45) is 2.66. The second-order valence-corrected chi connectivity index (χ2v) is 5.32. The number of fused-ring (bicyclic) bond motifs is 3. The molecular weight excluding hydrogens is 234 g/mol. The molecule has 1 amide bonds. The van der Waals surface area contributed by atoms with Crippen LogP contribution in [0.5, 0.6) is 0 Å². The number of carbonyl (C=O) groups excluding carboxylic acids is 1. The Morgan fingerprint density at radius 3 is 2.63 bits per heavy atom. The zero-order chi connectivity index (χ0) is 12.8. The molecule has 2 nitrogen and oxygen atoms in total. The van der Waals surface area contributed by atoms with E-state index < -0.39 is 0 Å². The monoisotopic (exact) mass is 249 g/mol. The standard InChI is InChI=1S/C17H15NO/c19-17-6-3-9-18(17)14-7-8-16-13(11-14)10-12-4-1-2-5-15(12)16/h1-2,4-5,7-8,11H,3,6,9-10H2. The van der Waals surface area contributed by atoms with E-state index >= 15 is 0 Å². The van der Waals surface area contributed by atoms with Gasteiger partial charge < -0.3 is 4.90 Å². The lowest BCUT2D eigenvalue weighted by Gasteiger charge is -2.16. The van der Waals surface area contributed by atoms with Crippen LogP contribution in [0.3, 0.4) is 0 Å². The molecule has 1 fully saturated rings. The van der Waals surface area contributed by atoms with Crippen molar-refractivity contribution in [3.05, 3.63) is 53.6 Å². The van der Waals surface area contributed by atoms with Crippen molar-refractivity contribution in [1.29, 1.82) is 0 Å². The Kier molecular flexibility index (Phi) is 2.25. The summed E-state index contributed by atoms with van der Waals surface area (Å²) < 4.78 is 0. The molecule has 0 aromatic heterocycles. The van der Waals surface area contributed by atoms with E-state index in [0.717, 1.165) is 25.1 Å². The molecule has 0 unspecified atom stereocenters. The van der Waals surface area contributed by atoms with Crippen LogP contribution < -0.4 is 4.90 Å². The number of hydrogen-bond acceptors (Lipinski definition) is 1. The number of nitrogens with zero attached hydrogens (tertiary/aromatic N) is 1. The lowest BCUT2D eigenvalue weighted by atomic mass is 10.1. The van der Waals surface area contributed by atoms with E-state index in [0.29, 0.717) is 6.42 Å². The lowest BCUT2D eigenvalue weighted by molar-refractivity contribution is -0.117. The molecule has 0 radical (unpaired) electrons. The molecule has 94 valence electrons. The SMILES string of the molecule is O=C1CCCN1c1ccc2c(c1)Cc1ccccc1-2. The molecule has 2 aromatic rings. The molecule has 2 aromatic carbocycles. The van der Waals surface area contributed by atoms with Crippen LogP contribution in [0.1, 0.15) is 24.0 Å². The predicted octanol–water partition coefficient (Wildman–Crippen LogP) is 3.38. The summed E-state index contributed by atoms with van der Waals surface area (Å²) in [5.41, 5.74) is 6.47. The van der Waals surface area contributed by atoms with Gasteiger partial charge in [0.15, 0.2) is 0 Å². The van der Waals surface area contributed by atoms with E-state index in [1.807, 2.05) is 4.90 Å². The summed E-state index contributed by atoms with van der Waals surface area (Å²) in [6.45, 7) is 0.866. The summed E-state index contributed by atoms with van der Waals surface area (Å²) in [4.78, 5) is 13.7.